The molecule has 0 spiro atoms. The molecule has 162 valence electrons. The van der Waals surface area contributed by atoms with Crippen LogP contribution in [0.15, 0.2) is 59.6 Å². The molecule has 1 aliphatic carbocycles. The maximum atomic E-state index is 13.3. The summed E-state index contributed by atoms with van der Waals surface area (Å²) in [5.74, 6) is -0.526. The molecule has 1 saturated carbocycles. The van der Waals surface area contributed by atoms with Gasteiger partial charge in [-0.3, -0.25) is 19.3 Å². The maximum absolute atomic E-state index is 13.3. The molecule has 7 nitrogen and oxygen atoms in total. The number of carbonyl (C=O) groups is 3. The monoisotopic (exact) mass is 446 g/mol. The van der Waals surface area contributed by atoms with Crippen molar-refractivity contribution in [3.63, 3.8) is 0 Å². The molecule has 2 aromatic carbocycles. The molecule has 0 radical (unpaired) electrons. The van der Waals surface area contributed by atoms with Crippen LogP contribution in [0.3, 0.4) is 0 Å². The van der Waals surface area contributed by atoms with E-state index in [2.05, 4.69) is 15.6 Å². The largest absolute Gasteiger partial charge is 0.349 e. The Hall–Kier alpha value is -3.39. The fraction of sp³-hybridized carbons (Fsp3) is 0.250. The van der Waals surface area contributed by atoms with Crippen molar-refractivity contribution in [2.45, 2.75) is 36.1 Å². The number of amides is 3. The summed E-state index contributed by atoms with van der Waals surface area (Å²) in [4.78, 5) is 44.4. The van der Waals surface area contributed by atoms with Gasteiger partial charge in [0.25, 0.3) is 5.91 Å². The number of benzene rings is 2. The van der Waals surface area contributed by atoms with E-state index in [4.69, 9.17) is 0 Å². The molecule has 1 aromatic heterocycles. The van der Waals surface area contributed by atoms with Crippen molar-refractivity contribution < 1.29 is 14.4 Å². The molecular weight excluding hydrogens is 424 g/mol. The van der Waals surface area contributed by atoms with Crippen LogP contribution in [-0.4, -0.2) is 40.5 Å². The van der Waals surface area contributed by atoms with Crippen molar-refractivity contribution in [1.82, 2.24) is 10.3 Å². The zero-order valence-corrected chi connectivity index (χ0v) is 18.3. The van der Waals surface area contributed by atoms with Crippen LogP contribution in [0, 0.1) is 0 Å². The topological polar surface area (TPSA) is 91.4 Å². The first-order valence-electron chi connectivity index (χ1n) is 10.6. The van der Waals surface area contributed by atoms with E-state index in [9.17, 15) is 14.4 Å². The Bertz CT molecular complexity index is 1240. The van der Waals surface area contributed by atoms with Gasteiger partial charge in [-0.05, 0) is 44.0 Å². The summed E-state index contributed by atoms with van der Waals surface area (Å²) >= 11 is 1.29. The third-order valence-corrected chi connectivity index (χ3v) is 6.54. The number of carbonyl (C=O) groups excluding carboxylic acids is 3. The summed E-state index contributed by atoms with van der Waals surface area (Å²) < 4.78 is 0. The highest BCUT2D eigenvalue weighted by Gasteiger charge is 2.31. The predicted octanol–water partition coefficient (Wildman–Crippen LogP) is 3.59. The van der Waals surface area contributed by atoms with Crippen LogP contribution in [0.5, 0.6) is 0 Å². The maximum Gasteiger partial charge on any atom is 0.252 e. The Balaban J connectivity index is 1.42. The van der Waals surface area contributed by atoms with E-state index < -0.39 is 5.25 Å². The molecule has 1 atom stereocenters. The summed E-state index contributed by atoms with van der Waals surface area (Å²) in [6.45, 7) is 1.77. The fourth-order valence-electron chi connectivity index (χ4n) is 3.77. The molecular formula is C24H22N4O3S. The Morgan fingerprint density at radius 1 is 1.16 bits per heavy atom. The van der Waals surface area contributed by atoms with Crippen molar-refractivity contribution in [2.75, 3.05) is 16.8 Å². The van der Waals surface area contributed by atoms with Gasteiger partial charge in [0.1, 0.15) is 6.54 Å². The second kappa shape index (κ2) is 8.27. The smallest absolute Gasteiger partial charge is 0.252 e. The molecule has 1 unspecified atom stereocenters. The van der Waals surface area contributed by atoms with Crippen molar-refractivity contribution in [1.29, 1.82) is 0 Å². The van der Waals surface area contributed by atoms with Gasteiger partial charge in [0, 0.05) is 11.4 Å². The lowest BCUT2D eigenvalue weighted by atomic mass is 10.1. The van der Waals surface area contributed by atoms with Crippen LogP contribution >= 0.6 is 11.8 Å². The summed E-state index contributed by atoms with van der Waals surface area (Å²) in [5, 5.41) is 6.72. The summed E-state index contributed by atoms with van der Waals surface area (Å²) in [7, 11) is 0. The van der Waals surface area contributed by atoms with Crippen LogP contribution in [-0.2, 0) is 9.59 Å². The molecule has 8 heteroatoms. The van der Waals surface area contributed by atoms with Gasteiger partial charge < -0.3 is 10.6 Å². The number of thioether (sulfide) groups is 1. The van der Waals surface area contributed by atoms with Crippen molar-refractivity contribution in [3.05, 3.63) is 60.2 Å². The van der Waals surface area contributed by atoms with Gasteiger partial charge in [0.15, 0.2) is 0 Å². The van der Waals surface area contributed by atoms with Crippen LogP contribution in [0.25, 0.3) is 10.9 Å². The second-order valence-corrected chi connectivity index (χ2v) is 9.38. The molecule has 2 heterocycles. The highest BCUT2D eigenvalue weighted by atomic mass is 32.2. The van der Waals surface area contributed by atoms with Gasteiger partial charge in [-0.1, -0.05) is 42.1 Å². The SMILES string of the molecule is CC(Sc1cc(C(=O)NC2CC2)c2ccccc2n1)C(=O)N1CC(=O)Nc2ccccc21. The van der Waals surface area contributed by atoms with Crippen LogP contribution < -0.4 is 15.5 Å². The molecule has 1 aliphatic heterocycles. The minimum atomic E-state index is -0.498. The van der Waals surface area contributed by atoms with Crippen LogP contribution in [0.4, 0.5) is 11.4 Å². The average Bonchev–Trinajstić information content (AvgIpc) is 3.61. The van der Waals surface area contributed by atoms with E-state index in [0.717, 1.165) is 18.2 Å². The molecule has 2 N–H and O–H groups in total. The fourth-order valence-corrected chi connectivity index (χ4v) is 4.70. The normalized spacial score (nSPS) is 16.3. The number of para-hydroxylation sites is 3. The number of hydrogen-bond donors (Lipinski definition) is 2. The quantitative estimate of drug-likeness (QED) is 0.585. The van der Waals surface area contributed by atoms with Crippen molar-refractivity contribution >= 4 is 51.8 Å². The Kier molecular flexibility index (Phi) is 5.30. The van der Waals surface area contributed by atoms with Gasteiger partial charge in [-0.2, -0.15) is 0 Å². The molecule has 0 bridgehead atoms. The van der Waals surface area contributed by atoms with Crippen molar-refractivity contribution in [2.24, 2.45) is 0 Å². The lowest BCUT2D eigenvalue weighted by molar-refractivity contribution is -0.121. The highest BCUT2D eigenvalue weighted by Crippen LogP contribution is 2.33. The first-order chi connectivity index (χ1) is 15.5. The van der Waals surface area contributed by atoms with E-state index in [0.29, 0.717) is 27.5 Å². The average molecular weight is 447 g/mol. The second-order valence-electron chi connectivity index (χ2n) is 8.02. The molecule has 5 rings (SSSR count). The third kappa shape index (κ3) is 4.05. The summed E-state index contributed by atoms with van der Waals surface area (Å²) in [6.07, 6.45) is 2.01. The van der Waals surface area contributed by atoms with E-state index in [-0.39, 0.29) is 30.3 Å². The molecule has 3 aromatic rings. The van der Waals surface area contributed by atoms with Gasteiger partial charge in [0.05, 0.1) is 32.7 Å². The molecule has 3 amide bonds. The van der Waals surface area contributed by atoms with Crippen LogP contribution in [0.1, 0.15) is 30.1 Å². The third-order valence-electron chi connectivity index (χ3n) is 5.53. The van der Waals surface area contributed by atoms with Gasteiger partial charge in [-0.25, -0.2) is 4.98 Å². The number of nitrogens with one attached hydrogen (secondary N) is 2. The van der Waals surface area contributed by atoms with E-state index in [1.54, 1.807) is 19.1 Å². The van der Waals surface area contributed by atoms with Gasteiger partial charge >= 0.3 is 0 Å². The lowest BCUT2D eigenvalue weighted by Crippen LogP contribution is -2.45. The Morgan fingerprint density at radius 2 is 1.91 bits per heavy atom. The minimum absolute atomic E-state index is 0.0268. The molecule has 2 aliphatic rings. The number of pyridine rings is 1. The predicted molar refractivity (Wildman–Crippen MR) is 125 cm³/mol. The number of aromatic nitrogens is 1. The van der Waals surface area contributed by atoms with Gasteiger partial charge in [0.2, 0.25) is 11.8 Å². The molecule has 32 heavy (non-hydrogen) atoms. The summed E-state index contributed by atoms with van der Waals surface area (Å²) in [6, 6.07) is 16.8. The summed E-state index contributed by atoms with van der Waals surface area (Å²) in [5.41, 5.74) is 2.57. The first-order valence-corrected chi connectivity index (χ1v) is 11.4. The van der Waals surface area contributed by atoms with Gasteiger partial charge in [-0.15, -0.1) is 0 Å². The lowest BCUT2D eigenvalue weighted by Gasteiger charge is -2.30. The molecule has 0 saturated heterocycles. The number of anilines is 2. The van der Waals surface area contributed by atoms with Crippen LogP contribution in [0.2, 0.25) is 0 Å². The Labute approximate surface area is 189 Å². The zero-order valence-electron chi connectivity index (χ0n) is 17.5. The van der Waals surface area contributed by atoms with E-state index >= 15 is 0 Å². The van der Waals surface area contributed by atoms with E-state index in [1.165, 1.54) is 16.7 Å². The van der Waals surface area contributed by atoms with E-state index in [1.807, 2.05) is 42.5 Å². The highest BCUT2D eigenvalue weighted by molar-refractivity contribution is 8.00. The number of hydrogen-bond acceptors (Lipinski definition) is 5. The molecule has 1 fully saturated rings. The number of rotatable bonds is 5. The zero-order chi connectivity index (χ0) is 22.2. The minimum Gasteiger partial charge on any atom is -0.349 e. The Morgan fingerprint density at radius 3 is 2.72 bits per heavy atom. The number of nitrogens with zero attached hydrogens (tertiary/aromatic N) is 2. The van der Waals surface area contributed by atoms with Crippen molar-refractivity contribution in [3.8, 4) is 0 Å². The first kappa shape index (κ1) is 20.5. The number of fused-ring (bicyclic) bond motifs is 2. The standard InChI is InChI=1S/C24H22N4O3S/c1-14(24(31)28-13-21(29)26-19-8-4-5-9-20(19)28)32-22-12-17(23(30)25-15-10-11-15)16-6-2-3-7-18(16)27-22/h2-9,12,14-15H,10-11,13H2,1H3,(H,25,30)(H,26,29).